The minimum absolute atomic E-state index is 0.204. The van der Waals surface area contributed by atoms with Gasteiger partial charge in [-0.25, -0.2) is 0 Å². The standard InChI is InChI=1S/C13H26O3/c1-4-6-7-8-9-10-11-12(14)13(3,15)16-5-2/h15H,4-11H2,1-3H3. The molecule has 16 heavy (non-hydrogen) atoms. The van der Waals surface area contributed by atoms with Crippen molar-refractivity contribution in [2.75, 3.05) is 6.61 Å². The number of aliphatic hydroxyl groups is 1. The van der Waals surface area contributed by atoms with Crippen LogP contribution in [0.25, 0.3) is 0 Å². The van der Waals surface area contributed by atoms with Crippen molar-refractivity contribution in [2.24, 2.45) is 0 Å². The highest BCUT2D eigenvalue weighted by Crippen LogP contribution is 2.14. The summed E-state index contributed by atoms with van der Waals surface area (Å²) < 4.78 is 4.99. The highest BCUT2D eigenvalue weighted by molar-refractivity contribution is 5.85. The van der Waals surface area contributed by atoms with Crippen LogP contribution < -0.4 is 0 Å². The molecule has 0 rings (SSSR count). The highest BCUT2D eigenvalue weighted by Gasteiger charge is 2.29. The first kappa shape index (κ1) is 15.6. The van der Waals surface area contributed by atoms with Gasteiger partial charge >= 0.3 is 0 Å². The van der Waals surface area contributed by atoms with Gasteiger partial charge in [-0.1, -0.05) is 39.0 Å². The molecule has 0 aromatic heterocycles. The molecule has 0 spiro atoms. The van der Waals surface area contributed by atoms with E-state index in [2.05, 4.69) is 6.92 Å². The Kier molecular flexibility index (Phi) is 8.49. The minimum atomic E-state index is -1.59. The molecule has 0 saturated heterocycles. The maximum absolute atomic E-state index is 11.6. The van der Waals surface area contributed by atoms with Crippen LogP contribution in [0.2, 0.25) is 0 Å². The van der Waals surface area contributed by atoms with Crippen LogP contribution in [-0.4, -0.2) is 23.3 Å². The molecular formula is C13H26O3. The topological polar surface area (TPSA) is 46.5 Å². The Labute approximate surface area is 99.2 Å². The molecule has 3 heteroatoms. The molecule has 0 saturated carbocycles. The van der Waals surface area contributed by atoms with E-state index in [-0.39, 0.29) is 5.78 Å². The van der Waals surface area contributed by atoms with Crippen LogP contribution >= 0.6 is 0 Å². The largest absolute Gasteiger partial charge is 0.360 e. The van der Waals surface area contributed by atoms with Gasteiger partial charge in [0.05, 0.1) is 0 Å². The van der Waals surface area contributed by atoms with Crippen LogP contribution in [0.15, 0.2) is 0 Å². The summed E-state index contributed by atoms with van der Waals surface area (Å²) in [5, 5.41) is 9.65. The van der Waals surface area contributed by atoms with Gasteiger partial charge in [-0.15, -0.1) is 0 Å². The minimum Gasteiger partial charge on any atom is -0.360 e. The van der Waals surface area contributed by atoms with E-state index in [1.54, 1.807) is 6.92 Å². The van der Waals surface area contributed by atoms with E-state index < -0.39 is 5.79 Å². The van der Waals surface area contributed by atoms with Crippen molar-refractivity contribution in [3.05, 3.63) is 0 Å². The molecule has 0 fully saturated rings. The van der Waals surface area contributed by atoms with Crippen molar-refractivity contribution in [3.63, 3.8) is 0 Å². The maximum Gasteiger partial charge on any atom is 0.223 e. The molecule has 0 aromatic rings. The van der Waals surface area contributed by atoms with E-state index in [0.29, 0.717) is 13.0 Å². The number of carbonyl (C=O) groups is 1. The second-order valence-electron chi connectivity index (χ2n) is 4.36. The predicted molar refractivity (Wildman–Crippen MR) is 65.2 cm³/mol. The molecule has 0 aliphatic heterocycles. The van der Waals surface area contributed by atoms with E-state index in [1.807, 2.05) is 0 Å². The number of unbranched alkanes of at least 4 members (excludes halogenated alkanes) is 5. The van der Waals surface area contributed by atoms with Gasteiger partial charge in [-0.2, -0.15) is 0 Å². The van der Waals surface area contributed by atoms with E-state index in [1.165, 1.54) is 32.6 Å². The Morgan fingerprint density at radius 3 is 2.25 bits per heavy atom. The third kappa shape index (κ3) is 6.96. The summed E-state index contributed by atoms with van der Waals surface area (Å²) >= 11 is 0. The van der Waals surface area contributed by atoms with Crippen LogP contribution in [0.1, 0.15) is 65.7 Å². The molecule has 1 unspecified atom stereocenters. The fourth-order valence-electron chi connectivity index (χ4n) is 1.66. The Balaban J connectivity index is 3.57. The number of ketones is 1. The predicted octanol–water partition coefficient (Wildman–Crippen LogP) is 3.05. The van der Waals surface area contributed by atoms with Crippen LogP contribution in [0.5, 0.6) is 0 Å². The number of rotatable bonds is 10. The molecule has 0 radical (unpaired) electrons. The number of hydrogen-bond acceptors (Lipinski definition) is 3. The summed E-state index contributed by atoms with van der Waals surface area (Å²) in [4.78, 5) is 11.6. The lowest BCUT2D eigenvalue weighted by Crippen LogP contribution is -2.38. The van der Waals surface area contributed by atoms with Gasteiger partial charge in [-0.3, -0.25) is 4.79 Å². The summed E-state index contributed by atoms with van der Waals surface area (Å²) in [5.41, 5.74) is 0. The summed E-state index contributed by atoms with van der Waals surface area (Å²) in [6, 6.07) is 0. The van der Waals surface area contributed by atoms with E-state index in [9.17, 15) is 9.90 Å². The lowest BCUT2D eigenvalue weighted by molar-refractivity contribution is -0.195. The lowest BCUT2D eigenvalue weighted by Gasteiger charge is -2.21. The van der Waals surface area contributed by atoms with E-state index >= 15 is 0 Å². The van der Waals surface area contributed by atoms with Crippen molar-refractivity contribution in [1.82, 2.24) is 0 Å². The average molecular weight is 230 g/mol. The van der Waals surface area contributed by atoms with Gasteiger partial charge in [0.1, 0.15) is 0 Å². The van der Waals surface area contributed by atoms with Crippen LogP contribution in [0.3, 0.4) is 0 Å². The summed E-state index contributed by atoms with van der Waals surface area (Å²) in [6.07, 6.45) is 7.26. The fourth-order valence-corrected chi connectivity index (χ4v) is 1.66. The van der Waals surface area contributed by atoms with Crippen LogP contribution in [0.4, 0.5) is 0 Å². The first-order chi connectivity index (χ1) is 7.54. The first-order valence-corrected chi connectivity index (χ1v) is 6.44. The van der Waals surface area contributed by atoms with Crippen molar-refractivity contribution < 1.29 is 14.6 Å². The molecule has 0 aromatic carbocycles. The zero-order chi connectivity index (χ0) is 12.4. The molecule has 96 valence electrons. The molecule has 0 aliphatic rings. The molecule has 0 aliphatic carbocycles. The van der Waals surface area contributed by atoms with Gasteiger partial charge in [0.25, 0.3) is 0 Å². The van der Waals surface area contributed by atoms with Gasteiger partial charge in [-0.05, 0) is 20.3 Å². The Morgan fingerprint density at radius 2 is 1.69 bits per heavy atom. The van der Waals surface area contributed by atoms with Gasteiger partial charge < -0.3 is 9.84 Å². The van der Waals surface area contributed by atoms with Crippen molar-refractivity contribution >= 4 is 5.78 Å². The van der Waals surface area contributed by atoms with Crippen molar-refractivity contribution in [1.29, 1.82) is 0 Å². The Bertz CT molecular complexity index is 188. The normalized spacial score (nSPS) is 14.8. The number of carbonyl (C=O) groups excluding carboxylic acids is 1. The number of Topliss-reactive ketones (excluding diaryl/α,β-unsaturated/α-hetero) is 1. The number of ether oxygens (including phenoxy) is 1. The van der Waals surface area contributed by atoms with Gasteiger partial charge in [0.15, 0.2) is 5.78 Å². The highest BCUT2D eigenvalue weighted by atomic mass is 16.6. The van der Waals surface area contributed by atoms with Crippen LogP contribution in [0, 0.1) is 0 Å². The van der Waals surface area contributed by atoms with Crippen LogP contribution in [-0.2, 0) is 9.53 Å². The molecular weight excluding hydrogens is 204 g/mol. The SMILES string of the molecule is CCCCCCCCC(=O)C(C)(O)OCC. The molecule has 0 heterocycles. The third-order valence-electron chi connectivity index (χ3n) is 2.70. The maximum atomic E-state index is 11.6. The molecule has 1 atom stereocenters. The van der Waals surface area contributed by atoms with Gasteiger partial charge in [0.2, 0.25) is 5.79 Å². The van der Waals surface area contributed by atoms with E-state index in [0.717, 1.165) is 12.8 Å². The summed E-state index contributed by atoms with van der Waals surface area (Å²) in [7, 11) is 0. The second kappa shape index (κ2) is 8.71. The summed E-state index contributed by atoms with van der Waals surface area (Å²) in [6.45, 7) is 5.74. The monoisotopic (exact) mass is 230 g/mol. The molecule has 0 bridgehead atoms. The smallest absolute Gasteiger partial charge is 0.223 e. The first-order valence-electron chi connectivity index (χ1n) is 6.44. The summed E-state index contributed by atoms with van der Waals surface area (Å²) in [5.74, 6) is -1.79. The lowest BCUT2D eigenvalue weighted by atomic mass is 10.0. The fraction of sp³-hybridized carbons (Fsp3) is 0.923. The average Bonchev–Trinajstić information content (AvgIpc) is 2.22. The van der Waals surface area contributed by atoms with Crippen molar-refractivity contribution in [3.8, 4) is 0 Å². The van der Waals surface area contributed by atoms with E-state index in [4.69, 9.17) is 4.74 Å². The molecule has 1 N–H and O–H groups in total. The second-order valence-corrected chi connectivity index (χ2v) is 4.36. The zero-order valence-electron chi connectivity index (χ0n) is 10.9. The quantitative estimate of drug-likeness (QED) is 0.463. The zero-order valence-corrected chi connectivity index (χ0v) is 10.9. The third-order valence-corrected chi connectivity index (χ3v) is 2.70. The Morgan fingerprint density at radius 1 is 1.12 bits per heavy atom. The van der Waals surface area contributed by atoms with Crippen molar-refractivity contribution in [2.45, 2.75) is 71.5 Å². The molecule has 0 amide bonds. The number of hydrogen-bond donors (Lipinski definition) is 1. The molecule has 3 nitrogen and oxygen atoms in total. The van der Waals surface area contributed by atoms with Gasteiger partial charge in [0, 0.05) is 13.0 Å². The Hall–Kier alpha value is -0.410.